The number of carbonyl (C=O) groups excluding carboxylic acids is 2. The fraction of sp³-hybridized carbons (Fsp3) is 0.727. The highest BCUT2D eigenvalue weighted by Gasteiger charge is 2.67. The van der Waals surface area contributed by atoms with Gasteiger partial charge in [0.1, 0.15) is 17.5 Å². The van der Waals surface area contributed by atoms with E-state index in [1.165, 1.54) is 6.92 Å². The maximum Gasteiger partial charge on any atom is 0.303 e. The molecule has 0 unspecified atom stereocenters. The highest BCUT2D eigenvalue weighted by molar-refractivity contribution is 5.86. The van der Waals surface area contributed by atoms with Crippen molar-refractivity contribution in [1.82, 2.24) is 0 Å². The zero-order chi connectivity index (χ0) is 20.4. The van der Waals surface area contributed by atoms with E-state index in [1.807, 2.05) is 26.8 Å². The first-order chi connectivity index (χ1) is 12.3. The minimum atomic E-state index is -1.07. The maximum absolute atomic E-state index is 13.4. The Balaban J connectivity index is 2.26. The van der Waals surface area contributed by atoms with E-state index >= 15 is 0 Å². The number of fused-ring (bicyclic) bond motifs is 3. The van der Waals surface area contributed by atoms with Gasteiger partial charge in [0.25, 0.3) is 0 Å². The number of carbonyl (C=O) groups is 2. The van der Waals surface area contributed by atoms with Crippen molar-refractivity contribution in [2.75, 3.05) is 0 Å². The van der Waals surface area contributed by atoms with Crippen LogP contribution in [0.4, 0.5) is 0 Å². The first-order valence-electron chi connectivity index (χ1n) is 9.75. The van der Waals surface area contributed by atoms with Crippen LogP contribution in [0.2, 0.25) is 0 Å². The quantitative estimate of drug-likeness (QED) is 0.591. The van der Waals surface area contributed by atoms with Crippen LogP contribution < -0.4 is 0 Å². The van der Waals surface area contributed by atoms with Crippen LogP contribution in [0.3, 0.4) is 0 Å². The summed E-state index contributed by atoms with van der Waals surface area (Å²) in [5, 5.41) is 11.0. The van der Waals surface area contributed by atoms with Gasteiger partial charge in [-0.05, 0) is 38.2 Å². The van der Waals surface area contributed by atoms with Crippen LogP contribution in [0.5, 0.6) is 0 Å². The molecule has 1 N–H and O–H groups in total. The highest BCUT2D eigenvalue weighted by Crippen LogP contribution is 2.63. The monoisotopic (exact) mass is 376 g/mol. The number of esters is 1. The minimum Gasteiger partial charge on any atom is -0.455 e. The van der Waals surface area contributed by atoms with Gasteiger partial charge in [-0.2, -0.15) is 0 Å². The van der Waals surface area contributed by atoms with E-state index in [4.69, 9.17) is 9.47 Å². The zero-order valence-corrected chi connectivity index (χ0v) is 17.3. The summed E-state index contributed by atoms with van der Waals surface area (Å²) in [6.45, 7) is 15.1. The summed E-state index contributed by atoms with van der Waals surface area (Å²) in [5.74, 6) is -0.998. The van der Waals surface area contributed by atoms with Crippen molar-refractivity contribution in [2.45, 2.75) is 84.2 Å². The molecule has 27 heavy (non-hydrogen) atoms. The van der Waals surface area contributed by atoms with Gasteiger partial charge in [-0.25, -0.2) is 0 Å². The Hall–Kier alpha value is -1.46. The van der Waals surface area contributed by atoms with Crippen molar-refractivity contribution in [3.63, 3.8) is 0 Å². The van der Waals surface area contributed by atoms with Gasteiger partial charge in [0.15, 0.2) is 0 Å². The normalized spacial score (nSPS) is 46.0. The predicted octanol–water partition coefficient (Wildman–Crippen LogP) is 3.35. The van der Waals surface area contributed by atoms with Gasteiger partial charge in [0, 0.05) is 18.8 Å². The van der Waals surface area contributed by atoms with Crippen LogP contribution in [0.15, 0.2) is 24.3 Å². The summed E-state index contributed by atoms with van der Waals surface area (Å²) in [6.07, 6.45) is 3.85. The van der Waals surface area contributed by atoms with Crippen LogP contribution in [0.25, 0.3) is 0 Å². The average Bonchev–Trinajstić information content (AvgIpc) is 2.52. The fourth-order valence-corrected chi connectivity index (χ4v) is 5.87. The SMILES string of the molecule is C=C[C@@]1(C)CC(=O)[C@H]2[C@](C)(O1)[C@@H](OC(C)=O)C=C1C(C)(C)CC[C@H](O)[C@@]12C. The molecule has 5 nitrogen and oxygen atoms in total. The van der Waals surface area contributed by atoms with Crippen LogP contribution >= 0.6 is 0 Å². The van der Waals surface area contributed by atoms with Gasteiger partial charge in [-0.1, -0.05) is 32.4 Å². The van der Waals surface area contributed by atoms with Crippen LogP contribution in [-0.2, 0) is 19.1 Å². The molecule has 0 aromatic heterocycles. The predicted molar refractivity (Wildman–Crippen MR) is 102 cm³/mol. The molecule has 1 aliphatic heterocycles. The Morgan fingerprint density at radius 2 is 1.96 bits per heavy atom. The van der Waals surface area contributed by atoms with Crippen LogP contribution in [0, 0.1) is 16.7 Å². The second-order valence-corrected chi connectivity index (χ2v) is 9.71. The Bertz CT molecular complexity index is 722. The smallest absolute Gasteiger partial charge is 0.303 e. The first-order valence-corrected chi connectivity index (χ1v) is 9.75. The summed E-state index contributed by atoms with van der Waals surface area (Å²) in [6, 6.07) is 0. The van der Waals surface area contributed by atoms with E-state index in [-0.39, 0.29) is 17.6 Å². The number of hydrogen-bond acceptors (Lipinski definition) is 5. The molecule has 0 radical (unpaired) electrons. The third-order valence-electron chi connectivity index (χ3n) is 7.13. The van der Waals surface area contributed by atoms with Crippen molar-refractivity contribution >= 4 is 11.8 Å². The lowest BCUT2D eigenvalue weighted by Crippen LogP contribution is -2.70. The minimum absolute atomic E-state index is 0.0214. The summed E-state index contributed by atoms with van der Waals surface area (Å²) in [5.41, 5.74) is -1.88. The molecule has 3 aliphatic rings. The van der Waals surface area contributed by atoms with Gasteiger partial charge in [0.05, 0.1) is 17.6 Å². The lowest BCUT2D eigenvalue weighted by atomic mass is 9.47. The third kappa shape index (κ3) is 2.82. The van der Waals surface area contributed by atoms with Gasteiger partial charge in [-0.15, -0.1) is 6.58 Å². The molecule has 0 amide bonds. The standard InChI is InChI=1S/C22H32O5/c1-8-20(5)12-14(24)18-21(6)15(19(3,4)10-9-16(21)25)11-17(26-13(2)23)22(18,7)27-20/h8,11,16-18,25H,1,9-10,12H2,2-7H3/t16-,17-,18+,20-,21+,22+/m0/s1. The molecular weight excluding hydrogens is 344 g/mol. The second-order valence-electron chi connectivity index (χ2n) is 9.71. The molecule has 1 heterocycles. The molecule has 2 aliphatic carbocycles. The Morgan fingerprint density at radius 1 is 1.33 bits per heavy atom. The van der Waals surface area contributed by atoms with Gasteiger partial charge >= 0.3 is 5.97 Å². The molecule has 1 saturated heterocycles. The van der Waals surface area contributed by atoms with Crippen molar-refractivity contribution in [1.29, 1.82) is 0 Å². The summed E-state index contributed by atoms with van der Waals surface area (Å²) >= 11 is 0. The molecule has 2 fully saturated rings. The summed E-state index contributed by atoms with van der Waals surface area (Å²) in [4.78, 5) is 25.3. The van der Waals surface area contributed by atoms with Crippen molar-refractivity contribution in [2.24, 2.45) is 16.7 Å². The first kappa shape index (κ1) is 20.3. The van der Waals surface area contributed by atoms with E-state index in [2.05, 4.69) is 20.4 Å². The van der Waals surface area contributed by atoms with Gasteiger partial charge in [-0.3, -0.25) is 9.59 Å². The Kier molecular flexibility index (Phi) is 4.52. The highest BCUT2D eigenvalue weighted by atomic mass is 16.6. The number of ketones is 1. The number of Topliss-reactive ketones (excluding diaryl/α,β-unsaturated/α-hetero) is 1. The van der Waals surface area contributed by atoms with Crippen LogP contribution in [0.1, 0.15) is 60.8 Å². The van der Waals surface area contributed by atoms with Gasteiger partial charge in [0.2, 0.25) is 0 Å². The summed E-state index contributed by atoms with van der Waals surface area (Å²) in [7, 11) is 0. The van der Waals surface area contributed by atoms with E-state index in [9.17, 15) is 14.7 Å². The summed E-state index contributed by atoms with van der Waals surface area (Å²) < 4.78 is 12.1. The van der Waals surface area contributed by atoms with Crippen molar-refractivity contribution in [3.05, 3.63) is 24.3 Å². The molecule has 0 spiro atoms. The topological polar surface area (TPSA) is 72.8 Å². The molecule has 5 heteroatoms. The largest absolute Gasteiger partial charge is 0.455 e. The van der Waals surface area contributed by atoms with Crippen LogP contribution in [-0.4, -0.2) is 40.3 Å². The van der Waals surface area contributed by atoms with E-state index in [1.54, 1.807) is 6.08 Å². The van der Waals surface area contributed by atoms with E-state index in [0.717, 1.165) is 12.0 Å². The number of aliphatic hydroxyl groups is 1. The Labute approximate surface area is 161 Å². The van der Waals surface area contributed by atoms with Crippen molar-refractivity contribution < 1.29 is 24.2 Å². The third-order valence-corrected chi connectivity index (χ3v) is 7.13. The molecular formula is C22H32O5. The average molecular weight is 376 g/mol. The lowest BCUT2D eigenvalue weighted by molar-refractivity contribution is -0.246. The molecule has 150 valence electrons. The molecule has 0 aromatic rings. The molecule has 0 aromatic carbocycles. The maximum atomic E-state index is 13.4. The molecule has 3 rings (SSSR count). The number of ether oxygens (including phenoxy) is 2. The van der Waals surface area contributed by atoms with E-state index in [0.29, 0.717) is 6.42 Å². The second kappa shape index (κ2) is 6.02. The lowest BCUT2D eigenvalue weighted by Gasteiger charge is -2.63. The molecule has 6 atom stereocenters. The number of aliphatic hydroxyl groups excluding tert-OH is 1. The number of rotatable bonds is 2. The fourth-order valence-electron chi connectivity index (χ4n) is 5.87. The Morgan fingerprint density at radius 3 is 2.52 bits per heavy atom. The van der Waals surface area contributed by atoms with Gasteiger partial charge < -0.3 is 14.6 Å². The zero-order valence-electron chi connectivity index (χ0n) is 17.3. The number of hydrogen-bond donors (Lipinski definition) is 1. The van der Waals surface area contributed by atoms with E-state index < -0.39 is 40.7 Å². The molecule has 0 bridgehead atoms. The van der Waals surface area contributed by atoms with Crippen molar-refractivity contribution in [3.8, 4) is 0 Å². The molecule has 1 saturated carbocycles.